The van der Waals surface area contributed by atoms with Crippen LogP contribution in [-0.2, 0) is 13.6 Å². The number of furan rings is 1. The van der Waals surface area contributed by atoms with E-state index in [0.717, 1.165) is 22.5 Å². The van der Waals surface area contributed by atoms with Crippen LogP contribution in [0.4, 0.5) is 5.82 Å². The van der Waals surface area contributed by atoms with Gasteiger partial charge in [-0.05, 0) is 19.1 Å². The van der Waals surface area contributed by atoms with Gasteiger partial charge in [-0.2, -0.15) is 5.10 Å². The molecule has 92 valence electrons. The zero-order valence-corrected chi connectivity index (χ0v) is 10.3. The standard InChI is InChI=1S/C13H14N4O/c1-9-10(8-16-17(9)2)7-15-13-11-4-6-18-12(11)3-5-14-13/h3-6,8H,7H2,1-2H3,(H,14,15). The van der Waals surface area contributed by atoms with E-state index in [9.17, 15) is 0 Å². The van der Waals surface area contributed by atoms with Gasteiger partial charge in [0.15, 0.2) is 0 Å². The van der Waals surface area contributed by atoms with Crippen LogP contribution in [-0.4, -0.2) is 14.8 Å². The molecular weight excluding hydrogens is 228 g/mol. The maximum atomic E-state index is 5.34. The van der Waals surface area contributed by atoms with E-state index in [4.69, 9.17) is 4.42 Å². The van der Waals surface area contributed by atoms with Gasteiger partial charge >= 0.3 is 0 Å². The van der Waals surface area contributed by atoms with Gasteiger partial charge in [0.05, 0.1) is 17.8 Å². The van der Waals surface area contributed by atoms with E-state index < -0.39 is 0 Å². The minimum absolute atomic E-state index is 0.705. The zero-order chi connectivity index (χ0) is 12.5. The van der Waals surface area contributed by atoms with E-state index in [1.807, 2.05) is 30.1 Å². The monoisotopic (exact) mass is 242 g/mol. The van der Waals surface area contributed by atoms with Crippen molar-refractivity contribution in [3.63, 3.8) is 0 Å². The van der Waals surface area contributed by atoms with Gasteiger partial charge in [0.25, 0.3) is 0 Å². The smallest absolute Gasteiger partial charge is 0.139 e. The van der Waals surface area contributed by atoms with Crippen molar-refractivity contribution in [2.24, 2.45) is 7.05 Å². The van der Waals surface area contributed by atoms with Crippen LogP contribution < -0.4 is 5.32 Å². The first-order chi connectivity index (χ1) is 8.75. The molecule has 0 atom stereocenters. The van der Waals surface area contributed by atoms with Crippen molar-refractivity contribution >= 4 is 16.8 Å². The second-order valence-corrected chi connectivity index (χ2v) is 4.22. The van der Waals surface area contributed by atoms with Crippen LogP contribution in [0.2, 0.25) is 0 Å². The largest absolute Gasteiger partial charge is 0.464 e. The van der Waals surface area contributed by atoms with Crippen LogP contribution in [0.3, 0.4) is 0 Å². The number of fused-ring (bicyclic) bond motifs is 1. The first-order valence-corrected chi connectivity index (χ1v) is 5.79. The molecule has 0 aromatic carbocycles. The lowest BCUT2D eigenvalue weighted by molar-refractivity contribution is 0.615. The molecule has 1 N–H and O–H groups in total. The molecule has 0 saturated carbocycles. The number of nitrogens with zero attached hydrogens (tertiary/aromatic N) is 3. The lowest BCUT2D eigenvalue weighted by Crippen LogP contribution is -2.03. The van der Waals surface area contributed by atoms with E-state index in [2.05, 4.69) is 22.3 Å². The molecule has 0 bridgehead atoms. The number of hydrogen-bond donors (Lipinski definition) is 1. The number of rotatable bonds is 3. The number of nitrogens with one attached hydrogen (secondary N) is 1. The van der Waals surface area contributed by atoms with Crippen LogP contribution in [0.25, 0.3) is 11.0 Å². The molecule has 3 aromatic rings. The molecule has 3 rings (SSSR count). The Labute approximate surface area is 104 Å². The Morgan fingerprint density at radius 3 is 3.06 bits per heavy atom. The molecule has 0 saturated heterocycles. The second-order valence-electron chi connectivity index (χ2n) is 4.22. The summed E-state index contributed by atoms with van der Waals surface area (Å²) in [6.45, 7) is 2.76. The van der Waals surface area contributed by atoms with Crippen molar-refractivity contribution in [2.45, 2.75) is 13.5 Å². The molecule has 5 nitrogen and oxygen atoms in total. The topological polar surface area (TPSA) is 55.9 Å². The Bertz CT molecular complexity index is 683. The second kappa shape index (κ2) is 4.18. The molecule has 0 radical (unpaired) electrons. The molecule has 3 aromatic heterocycles. The van der Waals surface area contributed by atoms with Crippen molar-refractivity contribution < 1.29 is 4.42 Å². The molecule has 0 aliphatic heterocycles. The maximum absolute atomic E-state index is 5.34. The maximum Gasteiger partial charge on any atom is 0.139 e. The summed E-state index contributed by atoms with van der Waals surface area (Å²) in [4.78, 5) is 4.33. The van der Waals surface area contributed by atoms with Crippen molar-refractivity contribution in [3.05, 3.63) is 42.0 Å². The average Bonchev–Trinajstić information content (AvgIpc) is 2.97. The summed E-state index contributed by atoms with van der Waals surface area (Å²) in [5.74, 6) is 0.838. The first kappa shape index (κ1) is 10.8. The van der Waals surface area contributed by atoms with Gasteiger partial charge in [-0.1, -0.05) is 0 Å². The van der Waals surface area contributed by atoms with Crippen LogP contribution in [0.15, 0.2) is 35.2 Å². The molecule has 0 aliphatic rings. The van der Waals surface area contributed by atoms with E-state index in [1.165, 1.54) is 5.56 Å². The van der Waals surface area contributed by atoms with Gasteiger partial charge in [-0.3, -0.25) is 4.68 Å². The Kier molecular flexibility index (Phi) is 2.51. The summed E-state index contributed by atoms with van der Waals surface area (Å²) in [6, 6.07) is 3.77. The van der Waals surface area contributed by atoms with Gasteiger partial charge in [-0.25, -0.2) is 4.98 Å². The molecule has 5 heteroatoms. The average molecular weight is 242 g/mol. The summed E-state index contributed by atoms with van der Waals surface area (Å²) in [5, 5.41) is 8.54. The van der Waals surface area contributed by atoms with Gasteiger partial charge in [-0.15, -0.1) is 0 Å². The third-order valence-electron chi connectivity index (χ3n) is 3.16. The fraction of sp³-hybridized carbons (Fsp3) is 0.231. The van der Waals surface area contributed by atoms with Crippen LogP contribution >= 0.6 is 0 Å². The molecule has 3 heterocycles. The zero-order valence-electron chi connectivity index (χ0n) is 10.3. The molecule has 18 heavy (non-hydrogen) atoms. The molecular formula is C13H14N4O. The van der Waals surface area contributed by atoms with E-state index >= 15 is 0 Å². The summed E-state index contributed by atoms with van der Waals surface area (Å²) in [6.07, 6.45) is 5.29. The third-order valence-corrected chi connectivity index (χ3v) is 3.16. The van der Waals surface area contributed by atoms with Gasteiger partial charge in [0.1, 0.15) is 11.4 Å². The molecule has 0 spiro atoms. The van der Waals surface area contributed by atoms with E-state index in [0.29, 0.717) is 6.54 Å². The van der Waals surface area contributed by atoms with Gasteiger partial charge in [0, 0.05) is 31.0 Å². The Hall–Kier alpha value is -2.30. The van der Waals surface area contributed by atoms with E-state index in [-0.39, 0.29) is 0 Å². The highest BCUT2D eigenvalue weighted by atomic mass is 16.3. The minimum atomic E-state index is 0.705. The third kappa shape index (κ3) is 1.73. The number of pyridine rings is 1. The number of aryl methyl sites for hydroxylation is 1. The van der Waals surface area contributed by atoms with Crippen molar-refractivity contribution in [1.29, 1.82) is 0 Å². The Morgan fingerprint density at radius 2 is 2.28 bits per heavy atom. The lowest BCUT2D eigenvalue weighted by atomic mass is 10.2. The minimum Gasteiger partial charge on any atom is -0.464 e. The quantitative estimate of drug-likeness (QED) is 0.766. The molecule has 0 unspecified atom stereocenters. The predicted molar refractivity (Wildman–Crippen MR) is 69.3 cm³/mol. The van der Waals surface area contributed by atoms with Crippen LogP contribution in [0.1, 0.15) is 11.3 Å². The Balaban J connectivity index is 1.85. The first-order valence-electron chi connectivity index (χ1n) is 5.79. The highest BCUT2D eigenvalue weighted by Crippen LogP contribution is 2.22. The Morgan fingerprint density at radius 1 is 1.39 bits per heavy atom. The number of hydrogen-bond acceptors (Lipinski definition) is 4. The van der Waals surface area contributed by atoms with E-state index in [1.54, 1.807) is 12.5 Å². The highest BCUT2D eigenvalue weighted by molar-refractivity contribution is 5.87. The van der Waals surface area contributed by atoms with Crippen LogP contribution in [0.5, 0.6) is 0 Å². The van der Waals surface area contributed by atoms with Crippen molar-refractivity contribution in [1.82, 2.24) is 14.8 Å². The molecule has 0 fully saturated rings. The summed E-state index contributed by atoms with van der Waals surface area (Å²) in [5.41, 5.74) is 3.16. The summed E-state index contributed by atoms with van der Waals surface area (Å²) in [7, 11) is 1.94. The van der Waals surface area contributed by atoms with Gasteiger partial charge in [0.2, 0.25) is 0 Å². The molecule has 0 amide bonds. The predicted octanol–water partition coefficient (Wildman–Crippen LogP) is 2.48. The van der Waals surface area contributed by atoms with Crippen molar-refractivity contribution in [3.8, 4) is 0 Å². The highest BCUT2D eigenvalue weighted by Gasteiger charge is 2.07. The van der Waals surface area contributed by atoms with Crippen molar-refractivity contribution in [2.75, 3.05) is 5.32 Å². The number of anilines is 1. The van der Waals surface area contributed by atoms with Gasteiger partial charge < -0.3 is 9.73 Å². The summed E-state index contributed by atoms with van der Waals surface area (Å²) < 4.78 is 7.21. The fourth-order valence-electron chi connectivity index (χ4n) is 1.93. The summed E-state index contributed by atoms with van der Waals surface area (Å²) >= 11 is 0. The molecule has 0 aliphatic carbocycles. The number of aromatic nitrogens is 3. The SMILES string of the molecule is Cc1c(CNc2nccc3occc23)cnn1C. The fourth-order valence-corrected chi connectivity index (χ4v) is 1.93. The van der Waals surface area contributed by atoms with Crippen LogP contribution in [0, 0.1) is 6.92 Å². The lowest BCUT2D eigenvalue weighted by Gasteiger charge is -2.05. The normalized spacial score (nSPS) is 11.0.